The highest BCUT2D eigenvalue weighted by Crippen LogP contribution is 2.12. The van der Waals surface area contributed by atoms with Crippen molar-refractivity contribution in [1.82, 2.24) is 15.1 Å². The van der Waals surface area contributed by atoms with Gasteiger partial charge in [-0.15, -0.1) is 0 Å². The first kappa shape index (κ1) is 14.0. The number of hydrogen-bond donors (Lipinski definition) is 4. The first-order chi connectivity index (χ1) is 8.00. The predicted molar refractivity (Wildman–Crippen MR) is 66.3 cm³/mol. The third-order valence-corrected chi connectivity index (χ3v) is 2.83. The maximum absolute atomic E-state index is 9.31. The number of aliphatic hydroxyl groups excluding tert-OH is 2. The number of nitrogen functional groups attached to an aromatic ring is 1. The summed E-state index contributed by atoms with van der Waals surface area (Å²) in [6, 6.07) is 0.470. The lowest BCUT2D eigenvalue weighted by Crippen LogP contribution is -2.49. The van der Waals surface area contributed by atoms with Crippen molar-refractivity contribution >= 4 is 5.69 Å². The number of β-amino-alcohol motifs (C(OH)–C–C–N with tert-alkyl or cyclic N) is 1. The van der Waals surface area contributed by atoms with Crippen LogP contribution in [0.25, 0.3) is 0 Å². The summed E-state index contributed by atoms with van der Waals surface area (Å²) < 4.78 is 0. The molecule has 2 atom stereocenters. The van der Waals surface area contributed by atoms with Gasteiger partial charge in [0.2, 0.25) is 0 Å². The quantitative estimate of drug-likeness (QED) is 0.547. The van der Waals surface area contributed by atoms with Crippen LogP contribution in [0.3, 0.4) is 0 Å². The van der Waals surface area contributed by atoms with Crippen molar-refractivity contribution in [2.45, 2.75) is 38.5 Å². The zero-order chi connectivity index (χ0) is 12.8. The fourth-order valence-corrected chi connectivity index (χ4v) is 1.67. The van der Waals surface area contributed by atoms with Crippen LogP contribution in [0.1, 0.15) is 20.3 Å². The zero-order valence-corrected chi connectivity index (χ0v) is 10.4. The molecule has 0 saturated carbocycles. The van der Waals surface area contributed by atoms with Gasteiger partial charge in [0.15, 0.2) is 0 Å². The van der Waals surface area contributed by atoms with E-state index in [1.807, 2.05) is 0 Å². The summed E-state index contributed by atoms with van der Waals surface area (Å²) in [5.41, 5.74) is 5.86. The molecule has 0 radical (unpaired) electrons. The highest BCUT2D eigenvalue weighted by atomic mass is 16.3. The van der Waals surface area contributed by atoms with E-state index in [9.17, 15) is 10.2 Å². The van der Waals surface area contributed by atoms with Crippen LogP contribution in [-0.2, 0) is 0 Å². The molecular weight excluding hydrogens is 220 g/mol. The van der Waals surface area contributed by atoms with Gasteiger partial charge in [0.1, 0.15) is 0 Å². The average molecular weight is 242 g/mol. The summed E-state index contributed by atoms with van der Waals surface area (Å²) in [7, 11) is 0. The van der Waals surface area contributed by atoms with Crippen molar-refractivity contribution < 1.29 is 10.2 Å². The van der Waals surface area contributed by atoms with Gasteiger partial charge in [-0.3, -0.25) is 10.00 Å². The fraction of sp³-hybridized carbons (Fsp3) is 0.727. The van der Waals surface area contributed by atoms with E-state index in [-0.39, 0.29) is 0 Å². The zero-order valence-electron chi connectivity index (χ0n) is 10.4. The van der Waals surface area contributed by atoms with Crippen molar-refractivity contribution in [1.29, 1.82) is 0 Å². The van der Waals surface area contributed by atoms with E-state index >= 15 is 0 Å². The predicted octanol–water partition coefficient (Wildman–Crippen LogP) is -0.186. The normalized spacial score (nSPS) is 25.5. The van der Waals surface area contributed by atoms with Gasteiger partial charge < -0.3 is 15.9 Å². The molecule has 2 rings (SSSR count). The Morgan fingerprint density at radius 3 is 2.53 bits per heavy atom. The molecule has 98 valence electrons. The monoisotopic (exact) mass is 242 g/mol. The minimum absolute atomic E-state index is 0.470. The van der Waals surface area contributed by atoms with E-state index < -0.39 is 12.2 Å². The Labute approximate surface area is 101 Å². The number of nitrogens with one attached hydrogen (secondary N) is 1. The van der Waals surface area contributed by atoms with Crippen LogP contribution < -0.4 is 5.73 Å². The summed E-state index contributed by atoms with van der Waals surface area (Å²) in [4.78, 5) is 2.18. The fourth-order valence-electron chi connectivity index (χ4n) is 1.67. The first-order valence-corrected chi connectivity index (χ1v) is 5.85. The Hall–Kier alpha value is -1.11. The summed E-state index contributed by atoms with van der Waals surface area (Å²) in [6.45, 7) is 5.71. The van der Waals surface area contributed by atoms with Gasteiger partial charge in [-0.25, -0.2) is 0 Å². The largest absolute Gasteiger partial charge is 0.396 e. The molecule has 0 amide bonds. The van der Waals surface area contributed by atoms with E-state index in [0.29, 0.717) is 24.7 Å². The Morgan fingerprint density at radius 2 is 2.18 bits per heavy atom. The molecule has 6 heteroatoms. The number of hydrogen-bond acceptors (Lipinski definition) is 5. The second kappa shape index (κ2) is 6.58. The Bertz CT molecular complexity index is 302. The molecule has 5 N–H and O–H groups in total. The molecule has 1 aromatic rings. The summed E-state index contributed by atoms with van der Waals surface area (Å²) in [6.07, 6.45) is 2.82. The van der Waals surface area contributed by atoms with Gasteiger partial charge in [-0.1, -0.05) is 0 Å². The van der Waals surface area contributed by atoms with E-state index in [1.54, 1.807) is 12.4 Å². The standard InChI is InChI=1S/C8H17NO2.C3H5N3/c1-6(2)9-4-3-7(10)8(11)5-9;4-3-1-5-6-2-3/h6-8,10-11H,3-5H2,1-2H3;1-2H,4H2,(H,5,6). The van der Waals surface area contributed by atoms with Crippen molar-refractivity contribution in [3.8, 4) is 0 Å². The second-order valence-electron chi connectivity index (χ2n) is 4.54. The van der Waals surface area contributed by atoms with Crippen LogP contribution in [0.2, 0.25) is 0 Å². The van der Waals surface area contributed by atoms with Crippen LogP contribution in [0.4, 0.5) is 5.69 Å². The third kappa shape index (κ3) is 4.72. The highest BCUT2D eigenvalue weighted by molar-refractivity contribution is 5.29. The molecule has 1 saturated heterocycles. The minimum Gasteiger partial charge on any atom is -0.396 e. The van der Waals surface area contributed by atoms with Crippen LogP contribution >= 0.6 is 0 Å². The number of aliphatic hydroxyl groups is 2. The number of H-pyrrole nitrogens is 1. The lowest BCUT2D eigenvalue weighted by atomic mass is 10.0. The number of nitrogens with zero attached hydrogens (tertiary/aromatic N) is 2. The SMILES string of the molecule is CC(C)N1CCC(O)C(O)C1.Nc1cn[nH]c1. The molecule has 1 aliphatic heterocycles. The Morgan fingerprint density at radius 1 is 1.47 bits per heavy atom. The van der Waals surface area contributed by atoms with Crippen LogP contribution in [0.15, 0.2) is 12.4 Å². The Kier molecular flexibility index (Phi) is 5.40. The summed E-state index contributed by atoms with van der Waals surface area (Å²) >= 11 is 0. The molecule has 0 aromatic carbocycles. The first-order valence-electron chi connectivity index (χ1n) is 5.85. The van der Waals surface area contributed by atoms with Crippen LogP contribution in [0, 0.1) is 0 Å². The number of aromatic nitrogens is 2. The molecule has 1 aromatic heterocycles. The highest BCUT2D eigenvalue weighted by Gasteiger charge is 2.26. The van der Waals surface area contributed by atoms with E-state index in [2.05, 4.69) is 28.9 Å². The van der Waals surface area contributed by atoms with Crippen molar-refractivity contribution in [2.75, 3.05) is 18.8 Å². The number of piperidine rings is 1. The smallest absolute Gasteiger partial charge is 0.0926 e. The third-order valence-electron chi connectivity index (χ3n) is 2.83. The number of rotatable bonds is 1. The maximum atomic E-state index is 9.31. The van der Waals surface area contributed by atoms with E-state index in [1.165, 1.54) is 0 Å². The lowest BCUT2D eigenvalue weighted by molar-refractivity contribution is -0.0456. The second-order valence-corrected chi connectivity index (χ2v) is 4.54. The van der Waals surface area contributed by atoms with Gasteiger partial charge in [0, 0.05) is 25.3 Å². The van der Waals surface area contributed by atoms with E-state index in [4.69, 9.17) is 5.73 Å². The molecule has 1 fully saturated rings. The maximum Gasteiger partial charge on any atom is 0.0926 e. The topological polar surface area (TPSA) is 98.4 Å². The van der Waals surface area contributed by atoms with Gasteiger partial charge in [0.25, 0.3) is 0 Å². The molecule has 0 aliphatic carbocycles. The molecule has 2 unspecified atom stereocenters. The molecule has 0 bridgehead atoms. The average Bonchev–Trinajstić information content (AvgIpc) is 2.74. The van der Waals surface area contributed by atoms with Crippen LogP contribution in [-0.4, -0.2) is 56.6 Å². The number of aromatic amines is 1. The van der Waals surface area contributed by atoms with Crippen molar-refractivity contribution in [3.05, 3.63) is 12.4 Å². The lowest BCUT2D eigenvalue weighted by Gasteiger charge is -2.35. The van der Waals surface area contributed by atoms with Gasteiger partial charge >= 0.3 is 0 Å². The van der Waals surface area contributed by atoms with Gasteiger partial charge in [-0.05, 0) is 20.3 Å². The van der Waals surface area contributed by atoms with Crippen molar-refractivity contribution in [3.63, 3.8) is 0 Å². The molecule has 1 aliphatic rings. The summed E-state index contributed by atoms with van der Waals surface area (Å²) in [5.74, 6) is 0. The van der Waals surface area contributed by atoms with Crippen molar-refractivity contribution in [2.24, 2.45) is 0 Å². The van der Waals surface area contributed by atoms with E-state index in [0.717, 1.165) is 6.54 Å². The molecule has 17 heavy (non-hydrogen) atoms. The molecule has 0 spiro atoms. The molecule has 2 heterocycles. The minimum atomic E-state index is -0.550. The molecule has 6 nitrogen and oxygen atoms in total. The number of likely N-dealkylation sites (tertiary alicyclic amines) is 1. The number of nitrogens with two attached hydrogens (primary N) is 1. The Balaban J connectivity index is 0.000000202. The number of anilines is 1. The molecular formula is C11H22N4O2. The van der Waals surface area contributed by atoms with Crippen LogP contribution in [0.5, 0.6) is 0 Å². The van der Waals surface area contributed by atoms with Gasteiger partial charge in [0.05, 0.1) is 24.1 Å². The summed E-state index contributed by atoms with van der Waals surface area (Å²) in [5, 5.41) is 24.6. The van der Waals surface area contributed by atoms with Gasteiger partial charge in [-0.2, -0.15) is 5.10 Å².